The number of benzene rings is 1. The molecule has 0 saturated heterocycles. The average Bonchev–Trinajstić information content (AvgIpc) is 2.31. The Kier molecular flexibility index (Phi) is 3.87. The van der Waals surface area contributed by atoms with E-state index in [1.807, 2.05) is 12.1 Å². The van der Waals surface area contributed by atoms with Gasteiger partial charge in [-0.05, 0) is 26.0 Å². The van der Waals surface area contributed by atoms with E-state index < -0.39 is 0 Å². The van der Waals surface area contributed by atoms with E-state index in [4.69, 9.17) is 12.8 Å². The molecular weight excluding hydrogens is 192 g/mol. The minimum atomic E-state index is 0.728. The molecule has 0 aliphatic heterocycles. The molecule has 0 amide bonds. The van der Waals surface area contributed by atoms with Crippen LogP contribution in [0.5, 0.6) is 0 Å². The SMILES string of the molecule is C#Cc1cc(C#CC)c(C#C)cc1C#CC. The van der Waals surface area contributed by atoms with E-state index in [0.717, 1.165) is 22.3 Å². The quantitative estimate of drug-likeness (QED) is 0.567. The van der Waals surface area contributed by atoms with E-state index in [1.165, 1.54) is 0 Å². The fourth-order valence-corrected chi connectivity index (χ4v) is 1.31. The summed E-state index contributed by atoms with van der Waals surface area (Å²) in [5.74, 6) is 16.7. The Morgan fingerprint density at radius 3 is 1.38 bits per heavy atom. The first-order valence-electron chi connectivity index (χ1n) is 4.73. The van der Waals surface area contributed by atoms with Crippen LogP contribution in [0.1, 0.15) is 36.1 Å². The molecule has 16 heavy (non-hydrogen) atoms. The third-order valence-corrected chi connectivity index (χ3v) is 1.99. The van der Waals surface area contributed by atoms with E-state index in [2.05, 4.69) is 35.5 Å². The number of terminal acetylenes is 2. The van der Waals surface area contributed by atoms with Crippen LogP contribution in [0.2, 0.25) is 0 Å². The summed E-state index contributed by atoms with van der Waals surface area (Å²) in [6.07, 6.45) is 10.8. The maximum Gasteiger partial charge on any atom is 0.0414 e. The van der Waals surface area contributed by atoms with Crippen LogP contribution in [0.15, 0.2) is 12.1 Å². The first-order chi connectivity index (χ1) is 7.76. The third-order valence-electron chi connectivity index (χ3n) is 1.99. The van der Waals surface area contributed by atoms with Gasteiger partial charge in [0.05, 0.1) is 0 Å². The predicted octanol–water partition coefficient (Wildman–Crippen LogP) is 2.39. The Balaban J connectivity index is 3.57. The van der Waals surface area contributed by atoms with Crippen molar-refractivity contribution in [3.8, 4) is 48.4 Å². The van der Waals surface area contributed by atoms with E-state index >= 15 is 0 Å². The van der Waals surface area contributed by atoms with Crippen LogP contribution >= 0.6 is 0 Å². The molecule has 0 atom stereocenters. The van der Waals surface area contributed by atoms with Crippen molar-refractivity contribution in [3.63, 3.8) is 0 Å². The van der Waals surface area contributed by atoms with Gasteiger partial charge < -0.3 is 0 Å². The highest BCUT2D eigenvalue weighted by molar-refractivity contribution is 5.60. The molecule has 74 valence electrons. The summed E-state index contributed by atoms with van der Waals surface area (Å²) in [7, 11) is 0. The van der Waals surface area contributed by atoms with Crippen LogP contribution in [-0.2, 0) is 0 Å². The molecule has 0 spiro atoms. The van der Waals surface area contributed by atoms with Gasteiger partial charge in [-0.3, -0.25) is 0 Å². The van der Waals surface area contributed by atoms with E-state index in [0.29, 0.717) is 0 Å². The maximum absolute atomic E-state index is 5.42. The lowest BCUT2D eigenvalue weighted by Crippen LogP contribution is -1.91. The third kappa shape index (κ3) is 2.28. The summed E-state index contributed by atoms with van der Waals surface area (Å²) in [6, 6.07) is 3.62. The standard InChI is InChI=1S/C16H10/c1-5-9-15-11-14(8-4)16(10-6-2)12-13(15)7-3/h3-4,11-12H,1-2H3. The van der Waals surface area contributed by atoms with Crippen molar-refractivity contribution in [3.05, 3.63) is 34.4 Å². The molecular formula is C16H10. The summed E-state index contributed by atoms with van der Waals surface area (Å²) in [4.78, 5) is 0. The Hall–Kier alpha value is -2.54. The zero-order valence-electron chi connectivity index (χ0n) is 9.31. The monoisotopic (exact) mass is 202 g/mol. The van der Waals surface area contributed by atoms with Gasteiger partial charge in [-0.25, -0.2) is 0 Å². The van der Waals surface area contributed by atoms with Crippen LogP contribution in [-0.4, -0.2) is 0 Å². The molecule has 0 aliphatic carbocycles. The smallest absolute Gasteiger partial charge is 0.0414 e. The zero-order chi connectivity index (χ0) is 12.0. The van der Waals surface area contributed by atoms with Gasteiger partial charge >= 0.3 is 0 Å². The maximum atomic E-state index is 5.42. The molecule has 0 unspecified atom stereocenters. The van der Waals surface area contributed by atoms with Crippen LogP contribution in [0, 0.1) is 48.4 Å². The summed E-state index contributed by atoms with van der Waals surface area (Å²) in [5.41, 5.74) is 3.01. The molecule has 0 nitrogen and oxygen atoms in total. The van der Waals surface area contributed by atoms with Crippen LogP contribution in [0.4, 0.5) is 0 Å². The van der Waals surface area contributed by atoms with Gasteiger partial charge in [0, 0.05) is 22.3 Å². The van der Waals surface area contributed by atoms with Crippen molar-refractivity contribution >= 4 is 0 Å². The van der Waals surface area contributed by atoms with Gasteiger partial charge in [-0.2, -0.15) is 0 Å². The normalized spacial score (nSPS) is 7.50. The van der Waals surface area contributed by atoms with Crippen LogP contribution in [0.3, 0.4) is 0 Å². The topological polar surface area (TPSA) is 0 Å². The fourth-order valence-electron chi connectivity index (χ4n) is 1.31. The van der Waals surface area contributed by atoms with E-state index in [1.54, 1.807) is 13.8 Å². The number of rotatable bonds is 0. The summed E-state index contributed by atoms with van der Waals surface area (Å²) >= 11 is 0. The molecule has 0 bridgehead atoms. The minimum absolute atomic E-state index is 0.728. The largest absolute Gasteiger partial charge is 0.115 e. The Morgan fingerprint density at radius 1 is 0.750 bits per heavy atom. The summed E-state index contributed by atoms with van der Waals surface area (Å²) in [5, 5.41) is 0. The lowest BCUT2D eigenvalue weighted by Gasteiger charge is -2.02. The van der Waals surface area contributed by atoms with Gasteiger partial charge in [0.2, 0.25) is 0 Å². The highest BCUT2D eigenvalue weighted by Crippen LogP contribution is 2.15. The second-order valence-electron chi connectivity index (χ2n) is 2.98. The van der Waals surface area contributed by atoms with Gasteiger partial charge in [0.25, 0.3) is 0 Å². The van der Waals surface area contributed by atoms with Gasteiger partial charge in [-0.1, -0.05) is 23.7 Å². The highest BCUT2D eigenvalue weighted by Gasteiger charge is 2.04. The summed E-state index contributed by atoms with van der Waals surface area (Å²) < 4.78 is 0. The van der Waals surface area contributed by atoms with Gasteiger partial charge in [-0.15, -0.1) is 24.7 Å². The lowest BCUT2D eigenvalue weighted by atomic mass is 9.99. The Labute approximate surface area is 97.1 Å². The molecule has 0 N–H and O–H groups in total. The lowest BCUT2D eigenvalue weighted by molar-refractivity contribution is 1.51. The minimum Gasteiger partial charge on any atom is -0.115 e. The number of hydrogen-bond acceptors (Lipinski definition) is 0. The van der Waals surface area contributed by atoms with Crippen LogP contribution < -0.4 is 0 Å². The van der Waals surface area contributed by atoms with Gasteiger partial charge in [0.1, 0.15) is 0 Å². The van der Waals surface area contributed by atoms with Crippen LogP contribution in [0.25, 0.3) is 0 Å². The second kappa shape index (κ2) is 5.37. The first-order valence-corrected chi connectivity index (χ1v) is 4.73. The summed E-state index contributed by atoms with van der Waals surface area (Å²) in [6.45, 7) is 3.52. The van der Waals surface area contributed by atoms with Crippen molar-refractivity contribution in [1.82, 2.24) is 0 Å². The number of hydrogen-bond donors (Lipinski definition) is 0. The average molecular weight is 202 g/mol. The molecule has 0 radical (unpaired) electrons. The van der Waals surface area contributed by atoms with Gasteiger partial charge in [0.15, 0.2) is 0 Å². The predicted molar refractivity (Wildman–Crippen MR) is 67.4 cm³/mol. The van der Waals surface area contributed by atoms with Crippen molar-refractivity contribution in [1.29, 1.82) is 0 Å². The van der Waals surface area contributed by atoms with E-state index in [9.17, 15) is 0 Å². The Bertz CT molecular complexity index is 551. The Morgan fingerprint density at radius 2 is 1.12 bits per heavy atom. The molecule has 0 heterocycles. The molecule has 0 fully saturated rings. The molecule has 1 rings (SSSR count). The van der Waals surface area contributed by atoms with Crippen molar-refractivity contribution < 1.29 is 0 Å². The molecule has 0 aliphatic rings. The van der Waals surface area contributed by atoms with E-state index in [-0.39, 0.29) is 0 Å². The molecule has 0 aromatic heterocycles. The zero-order valence-corrected chi connectivity index (χ0v) is 9.31. The van der Waals surface area contributed by atoms with Crippen molar-refractivity contribution in [2.75, 3.05) is 0 Å². The molecule has 0 saturated carbocycles. The first kappa shape index (κ1) is 11.5. The van der Waals surface area contributed by atoms with Crippen molar-refractivity contribution in [2.45, 2.75) is 13.8 Å². The molecule has 1 aromatic rings. The fraction of sp³-hybridized carbons (Fsp3) is 0.125. The van der Waals surface area contributed by atoms with Crippen molar-refractivity contribution in [2.24, 2.45) is 0 Å². The molecule has 0 heteroatoms. The highest BCUT2D eigenvalue weighted by atomic mass is 14.0. The second-order valence-corrected chi connectivity index (χ2v) is 2.98. The molecule has 1 aromatic carbocycles.